The van der Waals surface area contributed by atoms with Crippen LogP contribution in [0.3, 0.4) is 0 Å². The van der Waals surface area contributed by atoms with Gasteiger partial charge >= 0.3 is 0 Å². The predicted octanol–water partition coefficient (Wildman–Crippen LogP) is 1.64. The van der Waals surface area contributed by atoms with Crippen molar-refractivity contribution in [3.05, 3.63) is 77.6 Å². The first-order chi connectivity index (χ1) is 12.3. The number of aromatic nitrogens is 4. The van der Waals surface area contributed by atoms with E-state index in [1.54, 1.807) is 18.2 Å². The summed E-state index contributed by atoms with van der Waals surface area (Å²) < 4.78 is 1.45. The minimum Gasteiger partial charge on any atom is -0.350 e. The molecule has 0 saturated carbocycles. The van der Waals surface area contributed by atoms with Gasteiger partial charge in [-0.1, -0.05) is 42.5 Å². The molecule has 2 aromatic carbocycles. The second kappa shape index (κ2) is 7.84. The maximum Gasteiger partial charge on any atom is 0.245 e. The minimum absolute atomic E-state index is 0.182. The molecule has 7 heteroatoms. The van der Waals surface area contributed by atoms with Crippen LogP contribution in [0.15, 0.2) is 60.9 Å². The van der Waals surface area contributed by atoms with Gasteiger partial charge < -0.3 is 5.32 Å². The van der Waals surface area contributed by atoms with Gasteiger partial charge in [-0.05, 0) is 33.7 Å². The van der Waals surface area contributed by atoms with E-state index < -0.39 is 6.04 Å². The van der Waals surface area contributed by atoms with Crippen molar-refractivity contribution in [2.24, 2.45) is 0 Å². The highest BCUT2D eigenvalue weighted by molar-refractivity contribution is 5.80. The second-order valence-corrected chi connectivity index (χ2v) is 5.53. The molecule has 0 fully saturated rings. The van der Waals surface area contributed by atoms with E-state index in [0.29, 0.717) is 18.5 Å². The SMILES string of the molecule is N#Cc1cccc(CNC(=O)C(Cc2ccccc2)n2cnnn2)c1. The Bertz CT molecular complexity index is 870. The van der Waals surface area contributed by atoms with Crippen LogP contribution in [0.4, 0.5) is 0 Å². The number of carbonyl (C=O) groups excluding carboxylic acids is 1. The highest BCUT2D eigenvalue weighted by atomic mass is 16.2. The summed E-state index contributed by atoms with van der Waals surface area (Å²) in [6.07, 6.45) is 1.92. The van der Waals surface area contributed by atoms with Crippen LogP contribution in [0, 0.1) is 11.3 Å². The average molecular weight is 332 g/mol. The lowest BCUT2D eigenvalue weighted by molar-refractivity contribution is -0.124. The van der Waals surface area contributed by atoms with Gasteiger partial charge in [0.15, 0.2) is 0 Å². The fourth-order valence-electron chi connectivity index (χ4n) is 2.51. The lowest BCUT2D eigenvalue weighted by Crippen LogP contribution is -2.34. The number of nitrogens with one attached hydrogen (secondary N) is 1. The molecule has 124 valence electrons. The number of hydrogen-bond acceptors (Lipinski definition) is 5. The first kappa shape index (κ1) is 16.3. The van der Waals surface area contributed by atoms with Gasteiger partial charge in [-0.25, -0.2) is 4.68 Å². The van der Waals surface area contributed by atoms with E-state index in [1.807, 2.05) is 36.4 Å². The van der Waals surface area contributed by atoms with Crippen molar-refractivity contribution in [2.75, 3.05) is 0 Å². The summed E-state index contributed by atoms with van der Waals surface area (Å²) in [5.41, 5.74) is 2.44. The summed E-state index contributed by atoms with van der Waals surface area (Å²) in [4.78, 5) is 12.7. The molecule has 1 heterocycles. The van der Waals surface area contributed by atoms with Crippen LogP contribution >= 0.6 is 0 Å². The van der Waals surface area contributed by atoms with Crippen LogP contribution < -0.4 is 5.32 Å². The summed E-state index contributed by atoms with van der Waals surface area (Å²) in [6, 6.07) is 18.4. The summed E-state index contributed by atoms with van der Waals surface area (Å²) >= 11 is 0. The molecule has 0 bridgehead atoms. The Morgan fingerprint density at radius 1 is 1.16 bits per heavy atom. The predicted molar refractivity (Wildman–Crippen MR) is 90.0 cm³/mol. The molecular weight excluding hydrogens is 316 g/mol. The van der Waals surface area contributed by atoms with Gasteiger partial charge in [-0.15, -0.1) is 5.10 Å². The third-order valence-electron chi connectivity index (χ3n) is 3.78. The van der Waals surface area contributed by atoms with E-state index in [2.05, 4.69) is 26.9 Å². The zero-order valence-electron chi connectivity index (χ0n) is 13.4. The molecule has 1 N–H and O–H groups in total. The molecule has 0 saturated heterocycles. The summed E-state index contributed by atoms with van der Waals surface area (Å²) in [7, 11) is 0. The van der Waals surface area contributed by atoms with Crippen LogP contribution in [0.1, 0.15) is 22.7 Å². The fourth-order valence-corrected chi connectivity index (χ4v) is 2.51. The van der Waals surface area contributed by atoms with Crippen molar-refractivity contribution in [2.45, 2.75) is 19.0 Å². The molecule has 0 aliphatic rings. The lowest BCUT2D eigenvalue weighted by atomic mass is 10.1. The van der Waals surface area contributed by atoms with Crippen molar-refractivity contribution in [3.63, 3.8) is 0 Å². The van der Waals surface area contributed by atoms with E-state index in [0.717, 1.165) is 11.1 Å². The molecule has 1 aromatic heterocycles. The Kier molecular flexibility index (Phi) is 5.12. The van der Waals surface area contributed by atoms with Gasteiger partial charge in [0.1, 0.15) is 12.4 Å². The lowest BCUT2D eigenvalue weighted by Gasteiger charge is -2.16. The molecule has 0 aliphatic carbocycles. The summed E-state index contributed by atoms with van der Waals surface area (Å²) in [5, 5.41) is 23.0. The third kappa shape index (κ3) is 4.26. The van der Waals surface area contributed by atoms with Crippen molar-refractivity contribution in [1.82, 2.24) is 25.5 Å². The molecule has 0 radical (unpaired) electrons. The highest BCUT2D eigenvalue weighted by Crippen LogP contribution is 2.14. The number of carbonyl (C=O) groups is 1. The smallest absolute Gasteiger partial charge is 0.245 e. The molecular formula is C18H16N6O. The Morgan fingerprint density at radius 3 is 2.68 bits per heavy atom. The second-order valence-electron chi connectivity index (χ2n) is 5.53. The number of nitriles is 1. The molecule has 7 nitrogen and oxygen atoms in total. The standard InChI is InChI=1S/C18H16N6O/c19-11-15-7-4-8-16(9-15)12-20-18(25)17(24-13-21-22-23-24)10-14-5-2-1-3-6-14/h1-9,13,17H,10,12H2,(H,20,25). The first-order valence-corrected chi connectivity index (χ1v) is 7.79. The average Bonchev–Trinajstić information content (AvgIpc) is 3.19. The van der Waals surface area contributed by atoms with E-state index in [1.165, 1.54) is 11.0 Å². The Labute approximate surface area is 144 Å². The van der Waals surface area contributed by atoms with E-state index >= 15 is 0 Å². The largest absolute Gasteiger partial charge is 0.350 e. The van der Waals surface area contributed by atoms with Gasteiger partial charge in [-0.2, -0.15) is 5.26 Å². The van der Waals surface area contributed by atoms with Gasteiger partial charge in [0, 0.05) is 13.0 Å². The molecule has 25 heavy (non-hydrogen) atoms. The molecule has 3 aromatic rings. The Hall–Kier alpha value is -3.53. The minimum atomic E-state index is -0.545. The zero-order chi connectivity index (χ0) is 17.5. The number of hydrogen-bond donors (Lipinski definition) is 1. The molecule has 0 aliphatic heterocycles. The molecule has 1 atom stereocenters. The Morgan fingerprint density at radius 2 is 1.96 bits per heavy atom. The number of amides is 1. The van der Waals surface area contributed by atoms with E-state index in [-0.39, 0.29) is 5.91 Å². The van der Waals surface area contributed by atoms with Crippen molar-refractivity contribution in [1.29, 1.82) is 5.26 Å². The number of benzene rings is 2. The van der Waals surface area contributed by atoms with Crippen molar-refractivity contribution < 1.29 is 4.79 Å². The van der Waals surface area contributed by atoms with Crippen LogP contribution in [0.25, 0.3) is 0 Å². The van der Waals surface area contributed by atoms with Crippen LogP contribution in [0.2, 0.25) is 0 Å². The number of nitrogens with zero attached hydrogens (tertiary/aromatic N) is 5. The van der Waals surface area contributed by atoms with Crippen LogP contribution in [-0.4, -0.2) is 26.1 Å². The zero-order valence-corrected chi connectivity index (χ0v) is 13.4. The number of rotatable bonds is 6. The first-order valence-electron chi connectivity index (χ1n) is 7.79. The van der Waals surface area contributed by atoms with Crippen LogP contribution in [0.5, 0.6) is 0 Å². The monoisotopic (exact) mass is 332 g/mol. The topological polar surface area (TPSA) is 96.5 Å². The highest BCUT2D eigenvalue weighted by Gasteiger charge is 2.22. The third-order valence-corrected chi connectivity index (χ3v) is 3.78. The maximum atomic E-state index is 12.7. The molecule has 1 amide bonds. The molecule has 1 unspecified atom stereocenters. The van der Waals surface area contributed by atoms with E-state index in [4.69, 9.17) is 5.26 Å². The summed E-state index contributed by atoms with van der Waals surface area (Å²) in [5.74, 6) is -0.182. The van der Waals surface area contributed by atoms with Gasteiger partial charge in [0.25, 0.3) is 0 Å². The van der Waals surface area contributed by atoms with Crippen LogP contribution in [-0.2, 0) is 17.8 Å². The van der Waals surface area contributed by atoms with E-state index in [9.17, 15) is 4.79 Å². The van der Waals surface area contributed by atoms with Gasteiger partial charge in [0.2, 0.25) is 5.91 Å². The molecule has 0 spiro atoms. The van der Waals surface area contributed by atoms with Gasteiger partial charge in [-0.3, -0.25) is 4.79 Å². The van der Waals surface area contributed by atoms with Crippen molar-refractivity contribution >= 4 is 5.91 Å². The fraction of sp³-hybridized carbons (Fsp3) is 0.167. The summed E-state index contributed by atoms with van der Waals surface area (Å²) in [6.45, 7) is 0.335. The maximum absolute atomic E-state index is 12.7. The molecule has 3 rings (SSSR count). The quantitative estimate of drug-likeness (QED) is 0.740. The van der Waals surface area contributed by atoms with Gasteiger partial charge in [0.05, 0.1) is 11.6 Å². The normalized spacial score (nSPS) is 11.5. The van der Waals surface area contributed by atoms with Crippen molar-refractivity contribution in [3.8, 4) is 6.07 Å². The number of tetrazole rings is 1. The Balaban J connectivity index is 1.72.